The summed E-state index contributed by atoms with van der Waals surface area (Å²) in [6.45, 7) is 5.35. The van der Waals surface area contributed by atoms with E-state index in [-0.39, 0.29) is 11.8 Å². The number of rotatable bonds is 8. The Balaban J connectivity index is 1.24. The number of para-hydroxylation sites is 1. The Morgan fingerprint density at radius 1 is 1.27 bits per heavy atom. The molecule has 0 radical (unpaired) electrons. The van der Waals surface area contributed by atoms with E-state index in [0.717, 1.165) is 42.1 Å². The summed E-state index contributed by atoms with van der Waals surface area (Å²) >= 11 is 1.59. The summed E-state index contributed by atoms with van der Waals surface area (Å²) < 4.78 is 11.0. The predicted octanol–water partition coefficient (Wildman–Crippen LogP) is 3.73. The first-order valence-corrected chi connectivity index (χ1v) is 11.2. The van der Waals surface area contributed by atoms with Crippen LogP contribution in [0.25, 0.3) is 10.7 Å². The third-order valence-corrected chi connectivity index (χ3v) is 6.12. The van der Waals surface area contributed by atoms with Crippen molar-refractivity contribution in [3.63, 3.8) is 0 Å². The number of piperidine rings is 1. The van der Waals surface area contributed by atoms with Gasteiger partial charge in [0.1, 0.15) is 5.75 Å². The highest BCUT2D eigenvalue weighted by atomic mass is 32.1. The summed E-state index contributed by atoms with van der Waals surface area (Å²) in [6, 6.07) is 11.8. The molecule has 1 saturated heterocycles. The van der Waals surface area contributed by atoms with Crippen molar-refractivity contribution in [1.29, 1.82) is 0 Å². The Labute approximate surface area is 180 Å². The second-order valence-electron chi connectivity index (χ2n) is 7.30. The monoisotopic (exact) mass is 426 g/mol. The lowest BCUT2D eigenvalue weighted by molar-refractivity contribution is -0.126. The van der Waals surface area contributed by atoms with Crippen molar-refractivity contribution in [2.45, 2.75) is 32.9 Å². The molecule has 3 aromatic rings. The lowest BCUT2D eigenvalue weighted by Gasteiger charge is -2.30. The predicted molar refractivity (Wildman–Crippen MR) is 115 cm³/mol. The van der Waals surface area contributed by atoms with Crippen LogP contribution in [-0.4, -0.2) is 40.6 Å². The Kier molecular flexibility index (Phi) is 6.76. The van der Waals surface area contributed by atoms with Gasteiger partial charge >= 0.3 is 0 Å². The molecule has 3 heterocycles. The number of aromatic nitrogens is 2. The first kappa shape index (κ1) is 20.6. The molecule has 1 fully saturated rings. The number of benzene rings is 1. The van der Waals surface area contributed by atoms with Crippen LogP contribution in [0.15, 0.2) is 46.3 Å². The fraction of sp³-hybridized carbons (Fsp3) is 0.409. The summed E-state index contributed by atoms with van der Waals surface area (Å²) in [4.78, 5) is 20.4. The minimum Gasteiger partial charge on any atom is -0.494 e. The number of hydrogen-bond acceptors (Lipinski definition) is 7. The zero-order chi connectivity index (χ0) is 20.8. The topological polar surface area (TPSA) is 80.5 Å². The van der Waals surface area contributed by atoms with Crippen molar-refractivity contribution in [3.8, 4) is 16.5 Å². The molecule has 1 aliphatic rings. The number of nitrogens with one attached hydrogen (secondary N) is 1. The van der Waals surface area contributed by atoms with Crippen molar-refractivity contribution in [2.24, 2.45) is 5.92 Å². The van der Waals surface area contributed by atoms with Crippen LogP contribution in [0.1, 0.15) is 31.2 Å². The number of amides is 1. The molecule has 0 atom stereocenters. The SMILES string of the molecule is CCOc1ccccc1CNC(=O)C1CCN(Cc2nc(-c3cccs3)no2)CC1. The largest absolute Gasteiger partial charge is 0.494 e. The van der Waals surface area contributed by atoms with Gasteiger partial charge in [0.05, 0.1) is 18.0 Å². The van der Waals surface area contributed by atoms with Crippen LogP contribution in [0.3, 0.4) is 0 Å². The maximum absolute atomic E-state index is 12.6. The van der Waals surface area contributed by atoms with Crippen LogP contribution < -0.4 is 10.1 Å². The van der Waals surface area contributed by atoms with Crippen molar-refractivity contribution in [1.82, 2.24) is 20.4 Å². The lowest BCUT2D eigenvalue weighted by Crippen LogP contribution is -2.40. The summed E-state index contributed by atoms with van der Waals surface area (Å²) in [5.74, 6) is 2.23. The Hall–Kier alpha value is -2.71. The Morgan fingerprint density at radius 3 is 2.87 bits per heavy atom. The quantitative estimate of drug-likeness (QED) is 0.591. The smallest absolute Gasteiger partial charge is 0.241 e. The molecule has 0 saturated carbocycles. The molecule has 1 aromatic carbocycles. The van der Waals surface area contributed by atoms with Gasteiger partial charge in [-0.15, -0.1) is 11.3 Å². The highest BCUT2D eigenvalue weighted by molar-refractivity contribution is 7.13. The van der Waals surface area contributed by atoms with Gasteiger partial charge in [0.25, 0.3) is 0 Å². The van der Waals surface area contributed by atoms with Gasteiger partial charge in [0.15, 0.2) is 0 Å². The van der Waals surface area contributed by atoms with Crippen LogP contribution in [0, 0.1) is 5.92 Å². The minimum absolute atomic E-state index is 0.0323. The maximum Gasteiger partial charge on any atom is 0.241 e. The molecule has 0 bridgehead atoms. The molecule has 2 aromatic heterocycles. The molecule has 0 aliphatic carbocycles. The normalized spacial score (nSPS) is 15.2. The number of carbonyl (C=O) groups is 1. The van der Waals surface area contributed by atoms with Gasteiger partial charge in [0, 0.05) is 18.0 Å². The van der Waals surface area contributed by atoms with Crippen molar-refractivity contribution in [2.75, 3.05) is 19.7 Å². The van der Waals surface area contributed by atoms with Crippen LogP contribution in [-0.2, 0) is 17.9 Å². The van der Waals surface area contributed by atoms with Gasteiger partial charge < -0.3 is 14.6 Å². The van der Waals surface area contributed by atoms with Crippen LogP contribution in [0.5, 0.6) is 5.75 Å². The standard InChI is InChI=1S/C22H26N4O3S/c1-2-28-18-7-4-3-6-17(18)14-23-22(27)16-9-11-26(12-10-16)15-20-24-21(25-29-20)19-8-5-13-30-19/h3-8,13,16H,2,9-12,14-15H2,1H3,(H,23,27). The molecule has 1 N–H and O–H groups in total. The number of hydrogen-bond donors (Lipinski definition) is 1. The molecule has 1 aliphatic heterocycles. The van der Waals surface area contributed by atoms with E-state index >= 15 is 0 Å². The van der Waals surface area contributed by atoms with Crippen LogP contribution in [0.2, 0.25) is 0 Å². The second kappa shape index (κ2) is 9.86. The highest BCUT2D eigenvalue weighted by Gasteiger charge is 2.26. The minimum atomic E-state index is 0.0323. The van der Waals surface area contributed by atoms with Gasteiger partial charge in [-0.05, 0) is 50.4 Å². The van der Waals surface area contributed by atoms with Gasteiger partial charge in [-0.1, -0.05) is 29.4 Å². The fourth-order valence-corrected chi connectivity index (χ4v) is 4.29. The molecule has 1 amide bonds. The average Bonchev–Trinajstić information content (AvgIpc) is 3.46. The fourth-order valence-electron chi connectivity index (χ4n) is 3.64. The second-order valence-corrected chi connectivity index (χ2v) is 8.25. The van der Waals surface area contributed by atoms with E-state index in [4.69, 9.17) is 9.26 Å². The average molecular weight is 427 g/mol. The number of likely N-dealkylation sites (tertiary alicyclic amines) is 1. The number of carbonyl (C=O) groups excluding carboxylic acids is 1. The zero-order valence-electron chi connectivity index (χ0n) is 17.0. The molecule has 158 valence electrons. The van der Waals surface area contributed by atoms with E-state index in [1.807, 2.05) is 48.7 Å². The van der Waals surface area contributed by atoms with Crippen molar-refractivity contribution >= 4 is 17.2 Å². The summed E-state index contributed by atoms with van der Waals surface area (Å²) in [5, 5.41) is 9.13. The third kappa shape index (κ3) is 5.06. The number of thiophene rings is 1. The van der Waals surface area contributed by atoms with Gasteiger partial charge in [-0.25, -0.2) is 0 Å². The van der Waals surface area contributed by atoms with E-state index in [2.05, 4.69) is 20.4 Å². The third-order valence-electron chi connectivity index (χ3n) is 5.25. The van der Waals surface area contributed by atoms with Gasteiger partial charge in [-0.2, -0.15) is 4.98 Å². The molecule has 0 spiro atoms. The molecule has 4 rings (SSSR count). The van der Waals surface area contributed by atoms with E-state index in [0.29, 0.717) is 31.4 Å². The number of ether oxygens (including phenoxy) is 1. The first-order valence-electron chi connectivity index (χ1n) is 10.3. The maximum atomic E-state index is 12.6. The summed E-state index contributed by atoms with van der Waals surface area (Å²) in [5.41, 5.74) is 1.00. The van der Waals surface area contributed by atoms with Crippen molar-refractivity contribution < 1.29 is 14.1 Å². The Bertz CT molecular complexity index is 949. The van der Waals surface area contributed by atoms with Crippen LogP contribution >= 0.6 is 11.3 Å². The van der Waals surface area contributed by atoms with Gasteiger partial charge in [-0.3, -0.25) is 9.69 Å². The molecule has 8 heteroatoms. The zero-order valence-corrected chi connectivity index (χ0v) is 17.9. The van der Waals surface area contributed by atoms with Gasteiger partial charge in [0.2, 0.25) is 17.6 Å². The van der Waals surface area contributed by atoms with E-state index in [9.17, 15) is 4.79 Å². The highest BCUT2D eigenvalue weighted by Crippen LogP contribution is 2.23. The molecule has 7 nitrogen and oxygen atoms in total. The Morgan fingerprint density at radius 2 is 2.10 bits per heavy atom. The summed E-state index contributed by atoms with van der Waals surface area (Å²) in [6.07, 6.45) is 1.65. The van der Waals surface area contributed by atoms with E-state index in [1.54, 1.807) is 11.3 Å². The summed E-state index contributed by atoms with van der Waals surface area (Å²) in [7, 11) is 0. The molecular formula is C22H26N4O3S. The first-order chi connectivity index (χ1) is 14.7. The van der Waals surface area contributed by atoms with Crippen molar-refractivity contribution in [3.05, 3.63) is 53.2 Å². The molecular weight excluding hydrogens is 400 g/mol. The molecule has 0 unspecified atom stereocenters. The van der Waals surface area contributed by atoms with E-state index < -0.39 is 0 Å². The van der Waals surface area contributed by atoms with E-state index in [1.165, 1.54) is 0 Å². The lowest BCUT2D eigenvalue weighted by atomic mass is 9.96. The number of nitrogens with zero attached hydrogens (tertiary/aromatic N) is 3. The van der Waals surface area contributed by atoms with Crippen LogP contribution in [0.4, 0.5) is 0 Å². The molecule has 30 heavy (non-hydrogen) atoms.